The summed E-state index contributed by atoms with van der Waals surface area (Å²) in [6.07, 6.45) is 2.37. The van der Waals surface area contributed by atoms with E-state index in [1.165, 1.54) is 18.5 Å². The highest BCUT2D eigenvalue weighted by atomic mass is 32.3. The summed E-state index contributed by atoms with van der Waals surface area (Å²) >= 11 is 0. The van der Waals surface area contributed by atoms with Gasteiger partial charge in [-0.1, -0.05) is 13.8 Å². The quantitative estimate of drug-likeness (QED) is 0.567. The predicted octanol–water partition coefficient (Wildman–Crippen LogP) is 2.24. The number of nitrogens with zero attached hydrogens (tertiary/aromatic N) is 1. The third kappa shape index (κ3) is 10.3. The van der Waals surface area contributed by atoms with E-state index in [0.29, 0.717) is 0 Å². The molecule has 0 saturated heterocycles. The summed E-state index contributed by atoms with van der Waals surface area (Å²) in [6, 6.07) is 8.13. The number of rotatable bonds is 5. The van der Waals surface area contributed by atoms with Crippen LogP contribution in [0.5, 0.6) is 0 Å². The minimum Gasteiger partial charge on any atom is -0.399 e. The standard InChI is InChI=1S/C12H20N2.H2O4S/c1-3-9-14(10-4-2)12-7-5-11(13)6-8-12;1-5(2,3)4/h5-8H,3-4,9-10,13H2,1-2H3;(H2,1,2,3,4). The van der Waals surface area contributed by atoms with E-state index < -0.39 is 10.4 Å². The van der Waals surface area contributed by atoms with E-state index in [9.17, 15) is 0 Å². The number of hydrogen-bond donors (Lipinski definition) is 3. The molecule has 7 heteroatoms. The summed E-state index contributed by atoms with van der Waals surface area (Å²) in [4.78, 5) is 2.40. The molecule has 4 N–H and O–H groups in total. The molecule has 0 unspecified atom stereocenters. The second-order valence-corrected chi connectivity index (χ2v) is 4.92. The molecule has 0 bridgehead atoms. The molecule has 0 aliphatic carbocycles. The Balaban J connectivity index is 0.000000555. The van der Waals surface area contributed by atoms with Gasteiger partial charge in [0.25, 0.3) is 0 Å². The topological polar surface area (TPSA) is 104 Å². The van der Waals surface area contributed by atoms with Crippen molar-refractivity contribution in [3.63, 3.8) is 0 Å². The van der Waals surface area contributed by atoms with E-state index in [0.717, 1.165) is 18.8 Å². The smallest absolute Gasteiger partial charge is 0.394 e. The summed E-state index contributed by atoms with van der Waals surface area (Å²) in [5.74, 6) is 0. The normalized spacial score (nSPS) is 10.5. The first kappa shape index (κ1) is 17.7. The van der Waals surface area contributed by atoms with Crippen LogP contribution in [-0.4, -0.2) is 30.6 Å². The fourth-order valence-electron chi connectivity index (χ4n) is 1.59. The van der Waals surface area contributed by atoms with Gasteiger partial charge in [0.1, 0.15) is 0 Å². The zero-order valence-electron chi connectivity index (χ0n) is 11.3. The van der Waals surface area contributed by atoms with Crippen LogP contribution in [0.25, 0.3) is 0 Å². The van der Waals surface area contributed by atoms with Crippen molar-refractivity contribution in [2.75, 3.05) is 23.7 Å². The molecule has 19 heavy (non-hydrogen) atoms. The molecule has 1 aromatic rings. The van der Waals surface area contributed by atoms with E-state index >= 15 is 0 Å². The van der Waals surface area contributed by atoms with Crippen molar-refractivity contribution >= 4 is 21.8 Å². The molecule has 0 atom stereocenters. The molecule has 0 aliphatic rings. The van der Waals surface area contributed by atoms with Crippen LogP contribution in [0.15, 0.2) is 24.3 Å². The maximum atomic E-state index is 8.74. The van der Waals surface area contributed by atoms with Gasteiger partial charge in [-0.25, -0.2) is 0 Å². The molecule has 110 valence electrons. The van der Waals surface area contributed by atoms with E-state index in [-0.39, 0.29) is 0 Å². The molecular formula is C12H22N2O4S. The van der Waals surface area contributed by atoms with E-state index in [4.69, 9.17) is 23.3 Å². The first-order chi connectivity index (χ1) is 8.77. The molecule has 0 spiro atoms. The highest BCUT2D eigenvalue weighted by Gasteiger charge is 2.02. The van der Waals surface area contributed by atoms with Crippen LogP contribution in [0.1, 0.15) is 26.7 Å². The highest BCUT2D eigenvalue weighted by Crippen LogP contribution is 2.16. The number of nitrogens with two attached hydrogens (primary N) is 1. The first-order valence-corrected chi connectivity index (χ1v) is 7.48. The summed E-state index contributed by atoms with van der Waals surface area (Å²) in [7, 11) is -4.67. The number of anilines is 2. The Morgan fingerprint density at radius 2 is 1.42 bits per heavy atom. The molecule has 0 aliphatic heterocycles. The largest absolute Gasteiger partial charge is 0.399 e. The van der Waals surface area contributed by atoms with Crippen molar-refractivity contribution in [2.45, 2.75) is 26.7 Å². The Bertz CT molecular complexity index is 431. The van der Waals surface area contributed by atoms with Crippen LogP contribution in [0.2, 0.25) is 0 Å². The third-order valence-electron chi connectivity index (χ3n) is 2.25. The Morgan fingerprint density at radius 1 is 1.05 bits per heavy atom. The van der Waals surface area contributed by atoms with Crippen molar-refractivity contribution in [1.82, 2.24) is 0 Å². The number of nitrogen functional groups attached to an aromatic ring is 1. The van der Waals surface area contributed by atoms with Crippen molar-refractivity contribution in [2.24, 2.45) is 0 Å². The van der Waals surface area contributed by atoms with Crippen LogP contribution in [0.4, 0.5) is 11.4 Å². The summed E-state index contributed by atoms with van der Waals surface area (Å²) in [5.41, 5.74) is 7.77. The summed E-state index contributed by atoms with van der Waals surface area (Å²) in [6.45, 7) is 6.66. The average Bonchev–Trinajstić information content (AvgIpc) is 2.28. The van der Waals surface area contributed by atoms with Crippen molar-refractivity contribution in [3.8, 4) is 0 Å². The fourth-order valence-corrected chi connectivity index (χ4v) is 1.59. The van der Waals surface area contributed by atoms with Gasteiger partial charge in [-0.05, 0) is 37.1 Å². The van der Waals surface area contributed by atoms with E-state index in [1.807, 2.05) is 12.1 Å². The number of hydrogen-bond acceptors (Lipinski definition) is 4. The monoisotopic (exact) mass is 290 g/mol. The lowest BCUT2D eigenvalue weighted by atomic mass is 10.2. The molecule has 0 amide bonds. The second-order valence-electron chi connectivity index (χ2n) is 4.03. The lowest BCUT2D eigenvalue weighted by molar-refractivity contribution is 0.381. The Labute approximate surface area is 114 Å². The maximum Gasteiger partial charge on any atom is 0.394 e. The van der Waals surface area contributed by atoms with Crippen molar-refractivity contribution < 1.29 is 17.5 Å². The molecule has 1 aromatic carbocycles. The van der Waals surface area contributed by atoms with Gasteiger partial charge in [0, 0.05) is 24.5 Å². The molecular weight excluding hydrogens is 268 g/mol. The van der Waals surface area contributed by atoms with Gasteiger partial charge in [-0.2, -0.15) is 8.42 Å². The van der Waals surface area contributed by atoms with Gasteiger partial charge in [0.15, 0.2) is 0 Å². The Hall–Kier alpha value is -1.31. The van der Waals surface area contributed by atoms with Crippen LogP contribution < -0.4 is 10.6 Å². The Morgan fingerprint density at radius 3 is 1.74 bits per heavy atom. The fraction of sp³-hybridized carbons (Fsp3) is 0.500. The van der Waals surface area contributed by atoms with Gasteiger partial charge >= 0.3 is 10.4 Å². The van der Waals surface area contributed by atoms with Gasteiger partial charge in [0.05, 0.1) is 0 Å². The van der Waals surface area contributed by atoms with Gasteiger partial charge in [-0.3, -0.25) is 9.11 Å². The molecule has 0 saturated carbocycles. The maximum absolute atomic E-state index is 8.74. The van der Waals surface area contributed by atoms with E-state index in [1.54, 1.807) is 0 Å². The molecule has 6 nitrogen and oxygen atoms in total. The first-order valence-electron chi connectivity index (χ1n) is 6.08. The average molecular weight is 290 g/mol. The lowest BCUT2D eigenvalue weighted by Gasteiger charge is -2.23. The Kier molecular flexibility index (Phi) is 8.13. The predicted molar refractivity (Wildman–Crippen MR) is 77.8 cm³/mol. The third-order valence-corrected chi connectivity index (χ3v) is 2.25. The molecule has 0 aromatic heterocycles. The van der Waals surface area contributed by atoms with Gasteiger partial charge < -0.3 is 10.6 Å². The zero-order chi connectivity index (χ0) is 14.9. The summed E-state index contributed by atoms with van der Waals surface area (Å²) < 4.78 is 31.6. The van der Waals surface area contributed by atoms with Crippen LogP contribution >= 0.6 is 0 Å². The van der Waals surface area contributed by atoms with Gasteiger partial charge in [-0.15, -0.1) is 0 Å². The van der Waals surface area contributed by atoms with Crippen LogP contribution in [0.3, 0.4) is 0 Å². The number of benzene rings is 1. The van der Waals surface area contributed by atoms with E-state index in [2.05, 4.69) is 30.9 Å². The minimum atomic E-state index is -4.67. The van der Waals surface area contributed by atoms with Crippen LogP contribution in [0, 0.1) is 0 Å². The SMILES string of the molecule is CCCN(CCC)c1ccc(N)cc1.O=S(=O)(O)O. The van der Waals surface area contributed by atoms with Gasteiger partial charge in [0.2, 0.25) is 0 Å². The molecule has 0 heterocycles. The molecule has 0 fully saturated rings. The molecule has 1 rings (SSSR count). The van der Waals surface area contributed by atoms with Crippen molar-refractivity contribution in [1.29, 1.82) is 0 Å². The van der Waals surface area contributed by atoms with Crippen molar-refractivity contribution in [3.05, 3.63) is 24.3 Å². The molecule has 0 radical (unpaired) electrons. The minimum absolute atomic E-state index is 0.835. The summed E-state index contributed by atoms with van der Waals surface area (Å²) in [5, 5.41) is 0. The highest BCUT2D eigenvalue weighted by molar-refractivity contribution is 7.79. The van der Waals surface area contributed by atoms with Crippen LogP contribution in [-0.2, 0) is 10.4 Å². The zero-order valence-corrected chi connectivity index (χ0v) is 12.1. The lowest BCUT2D eigenvalue weighted by Crippen LogP contribution is -2.24. The second kappa shape index (κ2) is 8.73.